The van der Waals surface area contributed by atoms with E-state index in [4.69, 9.17) is 5.11 Å². The number of hydrogen-bond donors (Lipinski definition) is 3. The zero-order valence-corrected chi connectivity index (χ0v) is 12.7. The number of phenols is 2. The Morgan fingerprint density at radius 2 is 1.11 bits per heavy atom. The summed E-state index contributed by atoms with van der Waals surface area (Å²) < 4.78 is 0. The molecule has 5 heteroatoms. The topological polar surface area (TPSA) is 60.7 Å². The van der Waals surface area contributed by atoms with Crippen LogP contribution in [-0.2, 0) is 0 Å². The molecule has 2 aromatic rings. The van der Waals surface area contributed by atoms with Crippen LogP contribution in [0.4, 0.5) is 0 Å². The van der Waals surface area contributed by atoms with Gasteiger partial charge < -0.3 is 15.3 Å². The Morgan fingerprint density at radius 3 is 1.37 bits per heavy atom. The molecule has 2 aromatic carbocycles. The first kappa shape index (κ1) is 20.0. The molecule has 0 heterocycles. The molecule has 0 unspecified atom stereocenters. The Bertz CT molecular complexity index is 432. The van der Waals surface area contributed by atoms with E-state index in [0.29, 0.717) is 0 Å². The highest BCUT2D eigenvalue weighted by Gasteiger charge is 1.98. The van der Waals surface area contributed by atoms with Crippen molar-refractivity contribution in [2.24, 2.45) is 0 Å². The molecule has 0 bridgehead atoms. The molecule has 3 N–H and O–H groups in total. The van der Waals surface area contributed by atoms with Crippen LogP contribution in [0.1, 0.15) is 6.92 Å². The van der Waals surface area contributed by atoms with Crippen LogP contribution in [0, 0.1) is 0 Å². The summed E-state index contributed by atoms with van der Waals surface area (Å²) in [6.07, 6.45) is 0. The third kappa shape index (κ3) is 7.00. The van der Waals surface area contributed by atoms with Crippen LogP contribution < -0.4 is 0 Å². The smallest absolute Gasteiger partial charge is 0.116 e. The monoisotopic (exact) mass is 300 g/mol. The van der Waals surface area contributed by atoms with Crippen molar-refractivity contribution in [1.82, 2.24) is 0 Å². The minimum atomic E-state index is 0. The molecule has 0 radical (unpaired) electrons. The van der Waals surface area contributed by atoms with Crippen molar-refractivity contribution < 1.29 is 15.3 Å². The van der Waals surface area contributed by atoms with Crippen LogP contribution in [0.25, 0.3) is 11.1 Å². The number of rotatable bonds is 1. The second kappa shape index (κ2) is 10.6. The fourth-order valence-corrected chi connectivity index (χ4v) is 1.37. The fraction of sp³-hybridized carbons (Fsp3) is 0.143. The summed E-state index contributed by atoms with van der Waals surface area (Å²) in [5, 5.41) is 26.1. The van der Waals surface area contributed by atoms with Crippen molar-refractivity contribution in [1.29, 1.82) is 0 Å². The molecule has 0 aliphatic heterocycles. The number of aliphatic hydroxyl groups is 1. The maximum atomic E-state index is 9.28. The lowest BCUT2D eigenvalue weighted by atomic mass is 10.1. The lowest BCUT2D eigenvalue weighted by Crippen LogP contribution is -1.76. The van der Waals surface area contributed by atoms with Gasteiger partial charge in [-0.2, -0.15) is 27.0 Å². The standard InChI is InChI=1S/C12H10O2.C2H6O.2H2S/c13-11-5-1-3-9(7-11)10-4-2-6-12(14)8-10;1-2-3;;/h1-8,13-14H;3H,2H2,1H3;2*1H2. The summed E-state index contributed by atoms with van der Waals surface area (Å²) >= 11 is 0. The van der Waals surface area contributed by atoms with Gasteiger partial charge in [-0.1, -0.05) is 24.3 Å². The van der Waals surface area contributed by atoms with Crippen molar-refractivity contribution in [3.63, 3.8) is 0 Å². The Kier molecular flexibility index (Phi) is 11.2. The zero-order chi connectivity index (χ0) is 12.7. The molecule has 2 rings (SSSR count). The first-order valence-electron chi connectivity index (χ1n) is 5.36. The molecule has 0 atom stereocenters. The van der Waals surface area contributed by atoms with E-state index in [9.17, 15) is 10.2 Å². The molecule has 19 heavy (non-hydrogen) atoms. The van der Waals surface area contributed by atoms with E-state index in [1.54, 1.807) is 43.3 Å². The van der Waals surface area contributed by atoms with E-state index >= 15 is 0 Å². The van der Waals surface area contributed by atoms with Gasteiger partial charge in [0.25, 0.3) is 0 Å². The van der Waals surface area contributed by atoms with Crippen LogP contribution in [0.5, 0.6) is 11.5 Å². The second-order valence-corrected chi connectivity index (χ2v) is 3.42. The van der Waals surface area contributed by atoms with Crippen molar-refractivity contribution in [3.8, 4) is 22.6 Å². The average molecular weight is 300 g/mol. The van der Waals surface area contributed by atoms with Crippen LogP contribution in [-0.4, -0.2) is 21.9 Å². The van der Waals surface area contributed by atoms with Crippen LogP contribution in [0.2, 0.25) is 0 Å². The molecule has 0 fully saturated rings. The first-order chi connectivity index (χ1) is 8.17. The highest BCUT2D eigenvalue weighted by atomic mass is 32.1. The van der Waals surface area contributed by atoms with E-state index in [0.717, 1.165) is 11.1 Å². The summed E-state index contributed by atoms with van der Waals surface area (Å²) in [4.78, 5) is 0. The molecule has 0 aliphatic rings. The van der Waals surface area contributed by atoms with Crippen molar-refractivity contribution in [2.45, 2.75) is 6.92 Å². The molecule has 0 spiro atoms. The molecule has 106 valence electrons. The fourth-order valence-electron chi connectivity index (χ4n) is 1.37. The molecule has 0 aromatic heterocycles. The van der Waals surface area contributed by atoms with Gasteiger partial charge in [0.2, 0.25) is 0 Å². The minimum absolute atomic E-state index is 0. The third-order valence-electron chi connectivity index (χ3n) is 2.03. The van der Waals surface area contributed by atoms with Crippen molar-refractivity contribution in [2.75, 3.05) is 6.61 Å². The predicted octanol–water partition coefficient (Wildman–Crippen LogP) is 2.99. The van der Waals surface area contributed by atoms with E-state index in [1.165, 1.54) is 0 Å². The largest absolute Gasteiger partial charge is 0.508 e. The van der Waals surface area contributed by atoms with Gasteiger partial charge in [0.1, 0.15) is 11.5 Å². The van der Waals surface area contributed by atoms with Crippen LogP contribution >= 0.6 is 27.0 Å². The summed E-state index contributed by atoms with van der Waals surface area (Å²) in [7, 11) is 0. The predicted molar refractivity (Wildman–Crippen MR) is 88.7 cm³/mol. The second-order valence-electron chi connectivity index (χ2n) is 3.42. The quantitative estimate of drug-likeness (QED) is 0.759. The maximum Gasteiger partial charge on any atom is 0.116 e. The SMILES string of the molecule is CCO.Oc1cccc(-c2cccc(O)c2)c1.S.S. The number of aliphatic hydroxyl groups excluding tert-OH is 1. The Labute approximate surface area is 127 Å². The van der Waals surface area contributed by atoms with Gasteiger partial charge in [-0.3, -0.25) is 0 Å². The third-order valence-corrected chi connectivity index (χ3v) is 2.03. The minimum Gasteiger partial charge on any atom is -0.508 e. The highest BCUT2D eigenvalue weighted by Crippen LogP contribution is 2.25. The highest BCUT2D eigenvalue weighted by molar-refractivity contribution is 7.59. The lowest BCUT2D eigenvalue weighted by Gasteiger charge is -2.02. The number of benzene rings is 2. The van der Waals surface area contributed by atoms with Gasteiger partial charge in [-0.05, 0) is 42.3 Å². The average Bonchev–Trinajstić information content (AvgIpc) is 2.30. The molecule has 0 aliphatic carbocycles. The van der Waals surface area contributed by atoms with Gasteiger partial charge in [0.05, 0.1) is 0 Å². The lowest BCUT2D eigenvalue weighted by molar-refractivity contribution is 0.318. The van der Waals surface area contributed by atoms with Crippen molar-refractivity contribution >= 4 is 27.0 Å². The Balaban J connectivity index is 0. The number of phenolic OH excluding ortho intramolecular Hbond substituents is 2. The van der Waals surface area contributed by atoms with E-state index < -0.39 is 0 Å². The number of hydrogen-bond acceptors (Lipinski definition) is 3. The van der Waals surface area contributed by atoms with E-state index in [2.05, 4.69) is 0 Å². The van der Waals surface area contributed by atoms with E-state index in [-0.39, 0.29) is 45.1 Å². The summed E-state index contributed by atoms with van der Waals surface area (Å²) in [6, 6.07) is 13.9. The van der Waals surface area contributed by atoms with Gasteiger partial charge in [0, 0.05) is 6.61 Å². The molecular weight excluding hydrogens is 280 g/mol. The van der Waals surface area contributed by atoms with Crippen molar-refractivity contribution in [3.05, 3.63) is 48.5 Å². The van der Waals surface area contributed by atoms with Gasteiger partial charge in [0.15, 0.2) is 0 Å². The molecule has 3 nitrogen and oxygen atoms in total. The first-order valence-corrected chi connectivity index (χ1v) is 5.36. The maximum absolute atomic E-state index is 9.28. The van der Waals surface area contributed by atoms with Gasteiger partial charge in [-0.25, -0.2) is 0 Å². The van der Waals surface area contributed by atoms with Crippen LogP contribution in [0.3, 0.4) is 0 Å². The molecular formula is C14H20O3S2. The van der Waals surface area contributed by atoms with E-state index in [1.807, 2.05) is 12.1 Å². The molecule has 0 saturated carbocycles. The summed E-state index contributed by atoms with van der Waals surface area (Å²) in [6.45, 7) is 1.93. The number of aromatic hydroxyl groups is 2. The van der Waals surface area contributed by atoms with Crippen LogP contribution in [0.15, 0.2) is 48.5 Å². The molecule has 0 amide bonds. The Morgan fingerprint density at radius 1 is 0.789 bits per heavy atom. The summed E-state index contributed by atoms with van der Waals surface area (Å²) in [5.41, 5.74) is 1.78. The van der Waals surface area contributed by atoms with Gasteiger partial charge in [-0.15, -0.1) is 0 Å². The zero-order valence-electron chi connectivity index (χ0n) is 10.7. The normalized spacial score (nSPS) is 8.32. The summed E-state index contributed by atoms with van der Waals surface area (Å²) in [5.74, 6) is 0.455. The molecule has 0 saturated heterocycles. The van der Waals surface area contributed by atoms with Gasteiger partial charge >= 0.3 is 0 Å². The Hall–Kier alpha value is -1.30.